The molecule has 2 N–H and O–H groups in total. The van der Waals surface area contributed by atoms with E-state index in [2.05, 4.69) is 16.7 Å². The molecule has 2 aromatic rings. The minimum atomic E-state index is -1.12. The van der Waals surface area contributed by atoms with Gasteiger partial charge in [0.05, 0.1) is 16.7 Å². The highest BCUT2D eigenvalue weighted by atomic mass is 35.5. The Hall–Kier alpha value is -1.68. The first-order valence-electron chi connectivity index (χ1n) is 9.72. The maximum absolute atomic E-state index is 12.7. The van der Waals surface area contributed by atoms with Gasteiger partial charge in [0.1, 0.15) is 9.87 Å². The smallest absolute Gasteiger partial charge is 0.254 e. The summed E-state index contributed by atoms with van der Waals surface area (Å²) in [5, 5.41) is 15.7. The number of nitriles is 1. The number of alkyl halides is 2. The molecule has 0 heterocycles. The number of anilines is 1. The molecule has 2 atom stereocenters. The molecule has 0 saturated heterocycles. The van der Waals surface area contributed by atoms with Crippen molar-refractivity contribution in [3.63, 3.8) is 0 Å². The maximum atomic E-state index is 12.7. The van der Waals surface area contributed by atoms with E-state index in [0.717, 1.165) is 5.56 Å². The van der Waals surface area contributed by atoms with Crippen LogP contribution in [0.15, 0.2) is 36.4 Å². The van der Waals surface area contributed by atoms with E-state index in [1.165, 1.54) is 12.1 Å². The summed E-state index contributed by atoms with van der Waals surface area (Å²) in [7, 11) is 0. The molecule has 0 spiro atoms. The number of carbonyl (C=O) groups excluding carboxylic acids is 2. The topological polar surface area (TPSA) is 82.0 Å². The Bertz CT molecular complexity index is 1140. The van der Waals surface area contributed by atoms with E-state index in [4.69, 9.17) is 58.0 Å². The fourth-order valence-corrected chi connectivity index (χ4v) is 5.30. The van der Waals surface area contributed by atoms with E-state index in [1.54, 1.807) is 24.3 Å². The van der Waals surface area contributed by atoms with Crippen LogP contribution in [0.1, 0.15) is 41.1 Å². The standard InChI is InChI=1S/C22H16Cl5N3O2/c23-12-5-11(6-13(24)7-12)19-16(22(19,26)27)9-18(31)29-14-1-2-17(25)15(8-14)20(32)30-21(10-28)3-4-21/h1-2,5-8,16,19H,3-4,9H2,(H,29,31)(H,30,32)/t16-,19-/m1/s1. The maximum Gasteiger partial charge on any atom is 0.254 e. The van der Waals surface area contributed by atoms with Crippen LogP contribution in [-0.2, 0) is 4.79 Å². The van der Waals surface area contributed by atoms with Crippen LogP contribution in [0.2, 0.25) is 15.1 Å². The van der Waals surface area contributed by atoms with Gasteiger partial charge >= 0.3 is 0 Å². The van der Waals surface area contributed by atoms with Gasteiger partial charge in [-0.05, 0) is 54.8 Å². The second kappa shape index (κ2) is 8.59. The number of halogens is 5. The molecule has 2 aliphatic carbocycles. The van der Waals surface area contributed by atoms with Crippen molar-refractivity contribution in [3.8, 4) is 6.07 Å². The average molecular weight is 532 g/mol. The van der Waals surface area contributed by atoms with E-state index in [9.17, 15) is 14.9 Å². The lowest BCUT2D eigenvalue weighted by atomic mass is 10.1. The fraction of sp³-hybridized carbons (Fsp3) is 0.318. The second-order valence-corrected chi connectivity index (χ2v) is 10.8. The molecule has 4 rings (SSSR count). The van der Waals surface area contributed by atoms with Crippen LogP contribution in [0.3, 0.4) is 0 Å². The third-order valence-corrected chi connectivity index (χ3v) is 7.46. The number of carbonyl (C=O) groups is 2. The zero-order chi connectivity index (χ0) is 23.3. The summed E-state index contributed by atoms with van der Waals surface area (Å²) < 4.78 is -1.12. The zero-order valence-electron chi connectivity index (χ0n) is 16.4. The molecule has 2 fully saturated rings. The SMILES string of the molecule is N#CC1(NC(=O)c2cc(NC(=O)C[C@@H]3[C@@H](c4cc(Cl)cc(Cl)c4)C3(Cl)Cl)ccc2Cl)CC1. The number of rotatable bonds is 6. The van der Waals surface area contributed by atoms with Gasteiger partial charge in [-0.15, -0.1) is 23.2 Å². The second-order valence-electron chi connectivity index (χ2n) is 8.06. The largest absolute Gasteiger partial charge is 0.334 e. The Kier molecular flexibility index (Phi) is 6.30. The van der Waals surface area contributed by atoms with Crippen LogP contribution in [0.5, 0.6) is 0 Å². The highest BCUT2D eigenvalue weighted by Gasteiger charge is 2.64. The Morgan fingerprint density at radius 1 is 1.06 bits per heavy atom. The van der Waals surface area contributed by atoms with E-state index in [1.807, 2.05) is 0 Å². The van der Waals surface area contributed by atoms with Crippen LogP contribution in [0, 0.1) is 17.2 Å². The van der Waals surface area contributed by atoms with Gasteiger partial charge in [-0.2, -0.15) is 5.26 Å². The van der Waals surface area contributed by atoms with Crippen molar-refractivity contribution >= 4 is 75.5 Å². The minimum Gasteiger partial charge on any atom is -0.334 e. The predicted octanol–water partition coefficient (Wildman–Crippen LogP) is 6.35. The summed E-state index contributed by atoms with van der Waals surface area (Å²) in [6, 6.07) is 11.7. The van der Waals surface area contributed by atoms with E-state index >= 15 is 0 Å². The molecule has 2 aromatic carbocycles. The summed E-state index contributed by atoms with van der Waals surface area (Å²) >= 11 is 31.2. The van der Waals surface area contributed by atoms with Crippen molar-refractivity contribution in [2.24, 2.45) is 5.92 Å². The molecule has 2 amide bonds. The fourth-order valence-electron chi connectivity index (χ4n) is 3.72. The molecule has 166 valence electrons. The third kappa shape index (κ3) is 4.81. The minimum absolute atomic E-state index is 0.0590. The molecule has 10 heteroatoms. The highest BCUT2D eigenvalue weighted by Crippen LogP contribution is 2.66. The Morgan fingerprint density at radius 2 is 1.72 bits per heavy atom. The summed E-state index contributed by atoms with van der Waals surface area (Å²) in [4.78, 5) is 25.2. The number of benzene rings is 2. The lowest BCUT2D eigenvalue weighted by Gasteiger charge is -2.12. The molecule has 5 nitrogen and oxygen atoms in total. The van der Waals surface area contributed by atoms with Gasteiger partial charge in [-0.25, -0.2) is 0 Å². The van der Waals surface area contributed by atoms with Gasteiger partial charge in [-0.3, -0.25) is 9.59 Å². The predicted molar refractivity (Wildman–Crippen MR) is 127 cm³/mol. The zero-order valence-corrected chi connectivity index (χ0v) is 20.2. The first kappa shape index (κ1) is 23.5. The molecule has 2 saturated carbocycles. The molecule has 2 aliphatic rings. The monoisotopic (exact) mass is 529 g/mol. The number of hydrogen-bond donors (Lipinski definition) is 2. The van der Waals surface area contributed by atoms with Gasteiger partial charge in [0.2, 0.25) is 5.91 Å². The van der Waals surface area contributed by atoms with Gasteiger partial charge < -0.3 is 10.6 Å². The van der Waals surface area contributed by atoms with Crippen molar-refractivity contribution in [1.82, 2.24) is 5.32 Å². The Morgan fingerprint density at radius 3 is 2.31 bits per heavy atom. The first-order chi connectivity index (χ1) is 15.0. The Balaban J connectivity index is 1.43. The summed E-state index contributed by atoms with van der Waals surface area (Å²) in [6.45, 7) is 0. The van der Waals surface area contributed by atoms with Crippen molar-refractivity contribution in [1.29, 1.82) is 5.26 Å². The summed E-state index contributed by atoms with van der Waals surface area (Å²) in [5.41, 5.74) is 0.507. The quantitative estimate of drug-likeness (QED) is 0.426. The van der Waals surface area contributed by atoms with Crippen LogP contribution >= 0.6 is 58.0 Å². The number of nitrogens with one attached hydrogen (secondary N) is 2. The summed E-state index contributed by atoms with van der Waals surface area (Å²) in [5.74, 6) is -1.41. The lowest BCUT2D eigenvalue weighted by molar-refractivity contribution is -0.116. The highest BCUT2D eigenvalue weighted by molar-refractivity contribution is 6.52. The van der Waals surface area contributed by atoms with Crippen molar-refractivity contribution in [2.75, 3.05) is 5.32 Å². The molecule has 0 aliphatic heterocycles. The van der Waals surface area contributed by atoms with Crippen LogP contribution in [0.4, 0.5) is 5.69 Å². The van der Waals surface area contributed by atoms with E-state index in [-0.39, 0.29) is 34.7 Å². The molecule has 0 radical (unpaired) electrons. The van der Waals surface area contributed by atoms with E-state index in [0.29, 0.717) is 28.6 Å². The molecular weight excluding hydrogens is 516 g/mol. The van der Waals surface area contributed by atoms with Gasteiger partial charge in [0.15, 0.2) is 0 Å². The summed E-state index contributed by atoms with van der Waals surface area (Å²) in [6.07, 6.45) is 1.26. The number of hydrogen-bond acceptors (Lipinski definition) is 3. The molecular formula is C22H16Cl5N3O2. The average Bonchev–Trinajstić information content (AvgIpc) is 3.58. The van der Waals surface area contributed by atoms with Crippen LogP contribution in [-0.4, -0.2) is 21.7 Å². The van der Waals surface area contributed by atoms with Crippen molar-refractivity contribution < 1.29 is 9.59 Å². The van der Waals surface area contributed by atoms with Crippen molar-refractivity contribution in [2.45, 2.75) is 35.1 Å². The van der Waals surface area contributed by atoms with Crippen LogP contribution in [0.25, 0.3) is 0 Å². The third-order valence-electron chi connectivity index (χ3n) is 5.66. The van der Waals surface area contributed by atoms with Crippen LogP contribution < -0.4 is 10.6 Å². The van der Waals surface area contributed by atoms with Gasteiger partial charge in [0.25, 0.3) is 5.91 Å². The number of amides is 2. The molecule has 0 unspecified atom stereocenters. The lowest BCUT2D eigenvalue weighted by Crippen LogP contribution is -2.35. The first-order valence-corrected chi connectivity index (χ1v) is 11.6. The molecule has 0 aromatic heterocycles. The van der Waals surface area contributed by atoms with Gasteiger partial charge in [0, 0.05) is 34.0 Å². The molecule has 0 bridgehead atoms. The van der Waals surface area contributed by atoms with E-state index < -0.39 is 15.8 Å². The molecule has 32 heavy (non-hydrogen) atoms. The normalized spacial score (nSPS) is 21.9. The van der Waals surface area contributed by atoms with Gasteiger partial charge in [-0.1, -0.05) is 34.8 Å². The number of nitrogens with zero attached hydrogens (tertiary/aromatic N) is 1. The Labute approximate surface area is 209 Å². The van der Waals surface area contributed by atoms with Crippen molar-refractivity contribution in [3.05, 3.63) is 62.6 Å².